The maximum atomic E-state index is 12.0. The number of aliphatic carboxylic acids is 2. The minimum atomic E-state index is -4.50. The van der Waals surface area contributed by atoms with Gasteiger partial charge in [0.15, 0.2) is 0 Å². The van der Waals surface area contributed by atoms with Crippen LogP contribution in [0.25, 0.3) is 0 Å². The molecule has 0 aromatic carbocycles. The average molecular weight is 338 g/mol. The van der Waals surface area contributed by atoms with Crippen LogP contribution in [0.15, 0.2) is 0 Å². The van der Waals surface area contributed by atoms with Gasteiger partial charge < -0.3 is 10.2 Å². The summed E-state index contributed by atoms with van der Waals surface area (Å²) >= 11 is 0. The highest BCUT2D eigenvalue weighted by Gasteiger charge is 2.36. The molecule has 0 rings (SSSR count). The number of carboxylic acid groups (broad SMARTS) is 2. The summed E-state index contributed by atoms with van der Waals surface area (Å²) in [6.45, 7) is 0. The highest BCUT2D eigenvalue weighted by molar-refractivity contribution is 5.79. The molecule has 0 spiro atoms. The number of rotatable bonds is 9. The zero-order chi connectivity index (χ0) is 17.6. The lowest BCUT2D eigenvalue weighted by molar-refractivity contribution is -0.157. The molecule has 2 atom stereocenters. The SMILES string of the molecule is O=C(O)C(CCCC(F)(F)F)C(CCCC(F)(F)F)C(=O)O. The topological polar surface area (TPSA) is 74.6 Å². The van der Waals surface area contributed by atoms with Gasteiger partial charge in [-0.25, -0.2) is 0 Å². The first-order valence-corrected chi connectivity index (χ1v) is 6.42. The van der Waals surface area contributed by atoms with Crippen LogP contribution in [0.3, 0.4) is 0 Å². The third-order valence-electron chi connectivity index (χ3n) is 3.07. The first kappa shape index (κ1) is 20.5. The molecule has 0 aliphatic rings. The lowest BCUT2D eigenvalue weighted by Crippen LogP contribution is -2.30. The van der Waals surface area contributed by atoms with Crippen LogP contribution in [0.1, 0.15) is 38.5 Å². The minimum absolute atomic E-state index is 0.558. The molecule has 0 aliphatic carbocycles. The quantitative estimate of drug-likeness (QED) is 0.626. The fourth-order valence-corrected chi connectivity index (χ4v) is 2.04. The normalized spacial score (nSPS) is 15.4. The van der Waals surface area contributed by atoms with Gasteiger partial charge in [-0.2, -0.15) is 26.3 Å². The van der Waals surface area contributed by atoms with Crippen molar-refractivity contribution in [1.29, 1.82) is 0 Å². The summed E-state index contributed by atoms with van der Waals surface area (Å²) in [7, 11) is 0. The lowest BCUT2D eigenvalue weighted by Gasteiger charge is -2.21. The molecule has 10 heteroatoms. The summed E-state index contributed by atoms with van der Waals surface area (Å²) in [5.74, 6) is -6.54. The van der Waals surface area contributed by atoms with Gasteiger partial charge >= 0.3 is 24.3 Å². The lowest BCUT2D eigenvalue weighted by atomic mass is 9.84. The largest absolute Gasteiger partial charge is 0.481 e. The summed E-state index contributed by atoms with van der Waals surface area (Å²) in [4.78, 5) is 22.0. The molecule has 0 bridgehead atoms. The smallest absolute Gasteiger partial charge is 0.389 e. The van der Waals surface area contributed by atoms with E-state index in [1.807, 2.05) is 0 Å². The molecule has 0 fully saturated rings. The number of carbonyl (C=O) groups is 2. The van der Waals surface area contributed by atoms with E-state index in [0.717, 1.165) is 0 Å². The fraction of sp³-hybridized carbons (Fsp3) is 0.833. The second-order valence-corrected chi connectivity index (χ2v) is 4.90. The van der Waals surface area contributed by atoms with Gasteiger partial charge in [0, 0.05) is 12.8 Å². The molecular formula is C12H16F6O4. The summed E-state index contributed by atoms with van der Waals surface area (Å²) in [6, 6.07) is 0. The van der Waals surface area contributed by atoms with Gasteiger partial charge in [0.2, 0.25) is 0 Å². The van der Waals surface area contributed by atoms with Crippen LogP contribution in [0.5, 0.6) is 0 Å². The van der Waals surface area contributed by atoms with Crippen LogP contribution in [0.4, 0.5) is 26.3 Å². The van der Waals surface area contributed by atoms with Crippen molar-refractivity contribution < 1.29 is 46.1 Å². The Labute approximate surface area is 122 Å². The summed E-state index contributed by atoms with van der Waals surface area (Å²) in [5, 5.41) is 17.8. The Hall–Kier alpha value is -1.48. The van der Waals surface area contributed by atoms with Crippen LogP contribution >= 0.6 is 0 Å². The van der Waals surface area contributed by atoms with E-state index >= 15 is 0 Å². The Morgan fingerprint density at radius 2 is 1.00 bits per heavy atom. The minimum Gasteiger partial charge on any atom is -0.481 e. The number of alkyl halides is 6. The van der Waals surface area contributed by atoms with Crippen molar-refractivity contribution in [1.82, 2.24) is 0 Å². The third kappa shape index (κ3) is 9.46. The zero-order valence-corrected chi connectivity index (χ0v) is 11.4. The second kappa shape index (κ2) is 8.23. The predicted octanol–water partition coefficient (Wildman–Crippen LogP) is 3.85. The van der Waals surface area contributed by atoms with Crippen LogP contribution < -0.4 is 0 Å². The highest BCUT2D eigenvalue weighted by Crippen LogP contribution is 2.30. The number of hydrogen-bond acceptors (Lipinski definition) is 2. The molecule has 0 saturated carbocycles. The molecule has 2 N–H and O–H groups in total. The number of carboxylic acids is 2. The summed E-state index contributed by atoms with van der Waals surface area (Å²) < 4.78 is 72.1. The Kier molecular flexibility index (Phi) is 7.68. The Morgan fingerprint density at radius 1 is 0.727 bits per heavy atom. The molecule has 0 aromatic rings. The van der Waals surface area contributed by atoms with E-state index in [9.17, 15) is 35.9 Å². The van der Waals surface area contributed by atoms with E-state index in [2.05, 4.69) is 0 Å². The van der Waals surface area contributed by atoms with Crippen LogP contribution in [-0.2, 0) is 9.59 Å². The van der Waals surface area contributed by atoms with Gasteiger partial charge in [0.1, 0.15) is 0 Å². The van der Waals surface area contributed by atoms with Crippen LogP contribution in [0.2, 0.25) is 0 Å². The average Bonchev–Trinajstić information content (AvgIpc) is 2.27. The predicted molar refractivity (Wildman–Crippen MR) is 62.1 cm³/mol. The van der Waals surface area contributed by atoms with Gasteiger partial charge in [0.25, 0.3) is 0 Å². The molecule has 0 heterocycles. The van der Waals surface area contributed by atoms with Crippen molar-refractivity contribution in [2.75, 3.05) is 0 Å². The zero-order valence-electron chi connectivity index (χ0n) is 11.4. The van der Waals surface area contributed by atoms with Crippen molar-refractivity contribution in [3.63, 3.8) is 0 Å². The van der Waals surface area contributed by atoms with Gasteiger partial charge in [-0.05, 0) is 25.7 Å². The van der Waals surface area contributed by atoms with Gasteiger partial charge in [-0.1, -0.05) is 0 Å². The molecule has 0 aliphatic heterocycles. The first-order chi connectivity index (χ1) is 9.83. The van der Waals surface area contributed by atoms with Crippen LogP contribution in [0, 0.1) is 11.8 Å². The standard InChI is InChI=1S/C12H16F6O4/c13-11(14,15)5-1-3-7(9(19)20)8(10(21)22)4-2-6-12(16,17)18/h7-8H,1-6H2,(H,19,20)(H,21,22). The number of hydrogen-bond donors (Lipinski definition) is 2. The van der Waals surface area contributed by atoms with Crippen LogP contribution in [-0.4, -0.2) is 34.5 Å². The molecule has 2 unspecified atom stereocenters. The molecule has 0 saturated heterocycles. The monoisotopic (exact) mass is 338 g/mol. The molecule has 0 aromatic heterocycles. The Balaban J connectivity index is 4.68. The fourth-order valence-electron chi connectivity index (χ4n) is 2.04. The van der Waals surface area contributed by atoms with Gasteiger partial charge in [-0.3, -0.25) is 9.59 Å². The van der Waals surface area contributed by atoms with Gasteiger partial charge in [-0.15, -0.1) is 0 Å². The van der Waals surface area contributed by atoms with Crippen molar-refractivity contribution in [3.8, 4) is 0 Å². The van der Waals surface area contributed by atoms with Crippen molar-refractivity contribution >= 4 is 11.9 Å². The van der Waals surface area contributed by atoms with E-state index in [-0.39, 0.29) is 0 Å². The molecule has 0 radical (unpaired) electrons. The molecular weight excluding hydrogens is 322 g/mol. The van der Waals surface area contributed by atoms with Crippen molar-refractivity contribution in [2.45, 2.75) is 50.9 Å². The van der Waals surface area contributed by atoms with E-state index in [1.54, 1.807) is 0 Å². The van der Waals surface area contributed by atoms with E-state index in [0.29, 0.717) is 0 Å². The number of halogens is 6. The van der Waals surface area contributed by atoms with Crippen molar-refractivity contribution in [3.05, 3.63) is 0 Å². The summed E-state index contributed by atoms with van der Waals surface area (Å²) in [6.07, 6.45) is -13.9. The molecule has 0 amide bonds. The Morgan fingerprint density at radius 3 is 1.18 bits per heavy atom. The molecule has 4 nitrogen and oxygen atoms in total. The molecule has 22 heavy (non-hydrogen) atoms. The second-order valence-electron chi connectivity index (χ2n) is 4.90. The van der Waals surface area contributed by atoms with Crippen molar-refractivity contribution in [2.24, 2.45) is 11.8 Å². The third-order valence-corrected chi connectivity index (χ3v) is 3.07. The van der Waals surface area contributed by atoms with E-state index in [4.69, 9.17) is 10.2 Å². The highest BCUT2D eigenvalue weighted by atomic mass is 19.4. The Bertz CT molecular complexity index is 341. The maximum Gasteiger partial charge on any atom is 0.389 e. The maximum absolute atomic E-state index is 12.0. The summed E-state index contributed by atoms with van der Waals surface area (Å²) in [5.41, 5.74) is 0. The van der Waals surface area contributed by atoms with E-state index in [1.165, 1.54) is 0 Å². The first-order valence-electron chi connectivity index (χ1n) is 6.42. The van der Waals surface area contributed by atoms with E-state index < -0.39 is 74.7 Å². The van der Waals surface area contributed by atoms with Gasteiger partial charge in [0.05, 0.1) is 11.8 Å². The molecule has 130 valence electrons.